The topological polar surface area (TPSA) is 123 Å². The number of nitrogens with two attached hydrogens (primary N) is 1. The predicted octanol–water partition coefficient (Wildman–Crippen LogP) is 1.08. The molecule has 2 aromatic heterocycles. The maximum Gasteiger partial charge on any atom is 0.269 e. The Bertz CT molecular complexity index is 1100. The van der Waals surface area contributed by atoms with Crippen LogP contribution in [0.4, 0.5) is 0 Å². The molecule has 0 bridgehead atoms. The lowest BCUT2D eigenvalue weighted by Gasteiger charge is -2.27. The summed E-state index contributed by atoms with van der Waals surface area (Å²) in [5.41, 5.74) is 6.06. The van der Waals surface area contributed by atoms with Crippen molar-refractivity contribution in [2.45, 2.75) is 42.7 Å². The van der Waals surface area contributed by atoms with E-state index in [1.54, 1.807) is 11.0 Å². The fourth-order valence-corrected chi connectivity index (χ4v) is 5.49. The molecule has 0 aromatic carbocycles. The molecule has 31 heavy (non-hydrogen) atoms. The van der Waals surface area contributed by atoms with Crippen LogP contribution in [0, 0.1) is 17.8 Å². The first-order valence-electron chi connectivity index (χ1n) is 10.3. The number of likely N-dealkylation sites (tertiary alicyclic amines) is 1. The molecule has 3 amide bonds. The summed E-state index contributed by atoms with van der Waals surface area (Å²) in [4.78, 5) is 43.5. The van der Waals surface area contributed by atoms with Gasteiger partial charge in [-0.3, -0.25) is 24.0 Å². The number of amides is 3. The minimum absolute atomic E-state index is 0.00929. The lowest BCUT2D eigenvalue weighted by molar-refractivity contribution is -0.140. The van der Waals surface area contributed by atoms with Gasteiger partial charge in [-0.1, -0.05) is 6.92 Å². The standard InChI is InChI=1S/C20H22Cl2N6O3/c1-9-12(20(9,21)22)6-25-19(31)14-5-10-4-13(10)28(14)16(29)8-27-15-7-24-3-2-11(15)17(26-27)18(23)30/h2-3,7,9-10,12-14H,4-6,8H2,1H3,(H2,23,30)(H,25,31)/t9-,10-,12+,13-,14+/m1/s1. The zero-order valence-corrected chi connectivity index (χ0v) is 18.3. The highest BCUT2D eigenvalue weighted by molar-refractivity contribution is 6.51. The van der Waals surface area contributed by atoms with Crippen LogP contribution in [0.15, 0.2) is 18.5 Å². The largest absolute Gasteiger partial charge is 0.364 e. The molecular weight excluding hydrogens is 443 g/mol. The second-order valence-electron chi connectivity index (χ2n) is 8.69. The van der Waals surface area contributed by atoms with Crippen molar-refractivity contribution >= 4 is 51.8 Å². The average Bonchev–Trinajstić information content (AvgIpc) is 3.44. The Labute approximate surface area is 188 Å². The van der Waals surface area contributed by atoms with Crippen LogP contribution in [-0.4, -0.2) is 60.3 Å². The molecule has 164 valence electrons. The third-order valence-corrected chi connectivity index (χ3v) is 8.11. The van der Waals surface area contributed by atoms with Gasteiger partial charge >= 0.3 is 0 Å². The van der Waals surface area contributed by atoms with Gasteiger partial charge in [0.15, 0.2) is 5.69 Å². The van der Waals surface area contributed by atoms with Crippen LogP contribution in [0.25, 0.3) is 10.9 Å². The van der Waals surface area contributed by atoms with E-state index in [1.165, 1.54) is 17.1 Å². The Morgan fingerprint density at radius 3 is 2.74 bits per heavy atom. The molecule has 1 aliphatic heterocycles. The molecule has 11 heteroatoms. The summed E-state index contributed by atoms with van der Waals surface area (Å²) in [5, 5.41) is 7.68. The molecule has 3 fully saturated rings. The van der Waals surface area contributed by atoms with Crippen LogP contribution >= 0.6 is 23.2 Å². The van der Waals surface area contributed by atoms with Crippen molar-refractivity contribution in [1.29, 1.82) is 0 Å². The van der Waals surface area contributed by atoms with E-state index in [9.17, 15) is 14.4 Å². The molecule has 1 saturated heterocycles. The molecule has 5 rings (SSSR count). The Morgan fingerprint density at radius 2 is 2.06 bits per heavy atom. The number of hydrogen-bond donors (Lipinski definition) is 2. The Balaban J connectivity index is 1.31. The Kier molecular flexibility index (Phi) is 4.67. The van der Waals surface area contributed by atoms with Crippen molar-refractivity contribution in [2.75, 3.05) is 6.54 Å². The van der Waals surface area contributed by atoms with Gasteiger partial charge in [0, 0.05) is 30.1 Å². The number of fused-ring (bicyclic) bond motifs is 2. The fourth-order valence-electron chi connectivity index (χ4n) is 4.78. The molecule has 3 aliphatic rings. The first-order valence-corrected chi connectivity index (χ1v) is 11.0. The molecule has 0 radical (unpaired) electrons. The van der Waals surface area contributed by atoms with Gasteiger partial charge in [0.05, 0.1) is 11.7 Å². The second-order valence-corrected chi connectivity index (χ2v) is 10.1. The second kappa shape index (κ2) is 7.06. The van der Waals surface area contributed by atoms with Crippen LogP contribution in [0.1, 0.15) is 30.3 Å². The van der Waals surface area contributed by atoms with Crippen molar-refractivity contribution in [1.82, 2.24) is 25.0 Å². The number of rotatable bonds is 6. The Hall–Kier alpha value is -2.39. The summed E-state index contributed by atoms with van der Waals surface area (Å²) in [5.74, 6) is -0.613. The van der Waals surface area contributed by atoms with Crippen molar-refractivity contribution in [2.24, 2.45) is 23.5 Å². The van der Waals surface area contributed by atoms with Crippen LogP contribution in [-0.2, 0) is 16.1 Å². The summed E-state index contributed by atoms with van der Waals surface area (Å²) in [6.45, 7) is 2.23. The van der Waals surface area contributed by atoms with Crippen LogP contribution in [0.5, 0.6) is 0 Å². The molecule has 0 unspecified atom stereocenters. The van der Waals surface area contributed by atoms with E-state index in [0.717, 1.165) is 6.42 Å². The molecule has 5 atom stereocenters. The van der Waals surface area contributed by atoms with Crippen molar-refractivity contribution in [3.63, 3.8) is 0 Å². The summed E-state index contributed by atoms with van der Waals surface area (Å²) in [6.07, 6.45) is 4.62. The van der Waals surface area contributed by atoms with E-state index in [1.807, 2.05) is 6.92 Å². The minimum atomic E-state index is -0.798. The van der Waals surface area contributed by atoms with Gasteiger partial charge in [0.25, 0.3) is 5.91 Å². The molecule has 2 aliphatic carbocycles. The van der Waals surface area contributed by atoms with Gasteiger partial charge in [0.2, 0.25) is 11.8 Å². The Morgan fingerprint density at radius 1 is 1.32 bits per heavy atom. The van der Waals surface area contributed by atoms with Crippen LogP contribution in [0.2, 0.25) is 0 Å². The first kappa shape index (κ1) is 20.5. The summed E-state index contributed by atoms with van der Waals surface area (Å²) in [6, 6.07) is 1.18. The number of pyridine rings is 1. The molecule has 9 nitrogen and oxygen atoms in total. The average molecular weight is 465 g/mol. The number of halogens is 2. The molecule has 2 saturated carbocycles. The van der Waals surface area contributed by atoms with E-state index in [2.05, 4.69) is 15.4 Å². The third kappa shape index (κ3) is 3.34. The number of nitrogens with one attached hydrogen (secondary N) is 1. The monoisotopic (exact) mass is 464 g/mol. The maximum absolute atomic E-state index is 13.2. The van der Waals surface area contributed by atoms with Gasteiger partial charge in [-0.15, -0.1) is 23.2 Å². The van der Waals surface area contributed by atoms with Crippen LogP contribution < -0.4 is 11.1 Å². The third-order valence-electron chi connectivity index (χ3n) is 6.86. The molecule has 0 spiro atoms. The molecule has 2 aromatic rings. The number of nitrogens with zero attached hydrogens (tertiary/aromatic N) is 4. The fraction of sp³-hybridized carbons (Fsp3) is 0.550. The quantitative estimate of drug-likeness (QED) is 0.618. The van der Waals surface area contributed by atoms with E-state index in [0.29, 0.717) is 29.8 Å². The highest BCUT2D eigenvalue weighted by Crippen LogP contribution is 2.58. The lowest BCUT2D eigenvalue weighted by Crippen LogP contribution is -2.49. The van der Waals surface area contributed by atoms with Crippen molar-refractivity contribution in [3.8, 4) is 0 Å². The highest BCUT2D eigenvalue weighted by Gasteiger charge is 2.60. The number of piperidine rings is 1. The maximum atomic E-state index is 13.2. The predicted molar refractivity (Wildman–Crippen MR) is 113 cm³/mol. The minimum Gasteiger partial charge on any atom is -0.364 e. The van der Waals surface area contributed by atoms with E-state index >= 15 is 0 Å². The zero-order chi connectivity index (χ0) is 22.1. The number of carbonyl (C=O) groups is 3. The van der Waals surface area contributed by atoms with Gasteiger partial charge in [-0.2, -0.15) is 5.10 Å². The number of carbonyl (C=O) groups excluding carboxylic acids is 3. The van der Waals surface area contributed by atoms with E-state index < -0.39 is 16.3 Å². The summed E-state index contributed by atoms with van der Waals surface area (Å²) in [7, 11) is 0. The number of hydrogen-bond acceptors (Lipinski definition) is 5. The number of primary amides is 1. The summed E-state index contributed by atoms with van der Waals surface area (Å²) < 4.78 is 0.630. The normalized spacial score (nSPS) is 30.2. The van der Waals surface area contributed by atoms with Gasteiger partial charge < -0.3 is 16.0 Å². The first-order chi connectivity index (χ1) is 14.7. The number of alkyl halides is 2. The number of aromatic nitrogens is 3. The molecule has 3 heterocycles. The summed E-state index contributed by atoms with van der Waals surface area (Å²) >= 11 is 12.3. The van der Waals surface area contributed by atoms with E-state index in [4.69, 9.17) is 28.9 Å². The van der Waals surface area contributed by atoms with E-state index in [-0.39, 0.29) is 41.9 Å². The lowest BCUT2D eigenvalue weighted by atomic mass is 10.1. The van der Waals surface area contributed by atoms with Gasteiger partial charge in [-0.05, 0) is 30.7 Å². The van der Waals surface area contributed by atoms with Crippen molar-refractivity contribution in [3.05, 3.63) is 24.2 Å². The van der Waals surface area contributed by atoms with Crippen LogP contribution in [0.3, 0.4) is 0 Å². The molecule has 3 N–H and O–H groups in total. The van der Waals surface area contributed by atoms with Gasteiger partial charge in [0.1, 0.15) is 16.9 Å². The smallest absolute Gasteiger partial charge is 0.269 e. The molecular formula is C20H22Cl2N6O3. The van der Waals surface area contributed by atoms with Crippen molar-refractivity contribution < 1.29 is 14.4 Å². The van der Waals surface area contributed by atoms with Gasteiger partial charge in [-0.25, -0.2) is 0 Å². The zero-order valence-electron chi connectivity index (χ0n) is 16.8. The highest BCUT2D eigenvalue weighted by atomic mass is 35.5. The SMILES string of the molecule is C[C@@H]1[C@H](CNC(=O)[C@@H]2C[C@H]3C[C@H]3N2C(=O)Cn2nc(C(N)=O)c3ccncc32)C1(Cl)Cl.